The SMILES string of the molecule is C=CCN(C(=O)[C@H]1N(CCCO)C(=O)[C@@H]2[C@@H](C(=O)OCC)[C@H]3CC[C@]21O3)c1ccc(N(CC)CC)cc1. The highest BCUT2D eigenvalue weighted by atomic mass is 16.6. The number of aliphatic hydroxyl groups excluding tert-OH is 1. The van der Waals surface area contributed by atoms with Crippen LogP contribution in [0.3, 0.4) is 0 Å². The Bertz CT molecular complexity index is 1010. The van der Waals surface area contributed by atoms with E-state index >= 15 is 0 Å². The Morgan fingerprint density at radius 1 is 1.22 bits per heavy atom. The first-order chi connectivity index (χ1) is 17.9. The molecule has 4 rings (SSSR count). The van der Waals surface area contributed by atoms with Gasteiger partial charge in [-0.15, -0.1) is 6.58 Å². The van der Waals surface area contributed by atoms with E-state index in [1.807, 2.05) is 24.3 Å². The van der Waals surface area contributed by atoms with Gasteiger partial charge < -0.3 is 29.3 Å². The van der Waals surface area contributed by atoms with Crippen molar-refractivity contribution in [1.29, 1.82) is 0 Å². The smallest absolute Gasteiger partial charge is 0.312 e. The quantitative estimate of drug-likeness (QED) is 0.338. The molecule has 3 heterocycles. The molecule has 1 aromatic carbocycles. The van der Waals surface area contributed by atoms with Crippen LogP contribution >= 0.6 is 0 Å². The molecule has 202 valence electrons. The number of ether oxygens (including phenoxy) is 2. The highest BCUT2D eigenvalue weighted by Crippen LogP contribution is 2.58. The molecule has 0 aromatic heterocycles. The summed E-state index contributed by atoms with van der Waals surface area (Å²) in [6, 6.07) is 6.90. The molecule has 1 spiro atoms. The molecule has 0 radical (unpaired) electrons. The number of carbonyl (C=O) groups excluding carboxylic acids is 3. The molecule has 2 bridgehead atoms. The van der Waals surface area contributed by atoms with Crippen molar-refractivity contribution in [3.05, 3.63) is 36.9 Å². The lowest BCUT2D eigenvalue weighted by atomic mass is 9.70. The number of aliphatic hydroxyl groups is 1. The Balaban J connectivity index is 1.71. The summed E-state index contributed by atoms with van der Waals surface area (Å²) in [6.45, 7) is 12.1. The normalized spacial score (nSPS) is 27.8. The van der Waals surface area contributed by atoms with Crippen molar-refractivity contribution in [2.24, 2.45) is 11.8 Å². The lowest BCUT2D eigenvalue weighted by Gasteiger charge is -2.37. The number of carbonyl (C=O) groups is 3. The first-order valence-corrected chi connectivity index (χ1v) is 13.4. The van der Waals surface area contributed by atoms with Gasteiger partial charge in [0, 0.05) is 44.2 Å². The second kappa shape index (κ2) is 11.2. The Labute approximate surface area is 219 Å². The van der Waals surface area contributed by atoms with E-state index in [1.54, 1.807) is 17.9 Å². The highest BCUT2D eigenvalue weighted by Gasteiger charge is 2.75. The summed E-state index contributed by atoms with van der Waals surface area (Å²) in [4.78, 5) is 46.4. The van der Waals surface area contributed by atoms with Crippen LogP contribution in [0.25, 0.3) is 0 Å². The van der Waals surface area contributed by atoms with Gasteiger partial charge in [0.2, 0.25) is 5.91 Å². The Hall–Kier alpha value is -2.91. The zero-order valence-electron chi connectivity index (χ0n) is 22.1. The summed E-state index contributed by atoms with van der Waals surface area (Å²) in [6.07, 6.45) is 2.65. The molecule has 9 heteroatoms. The standard InChI is InChI=1S/C28H39N3O6/c1-5-16-30(20-12-10-19(11-13-20)29(6-2)7-3)26(34)24-28-15-14-21(37-28)22(27(35)36-8-4)23(28)25(33)31(24)17-9-18-32/h5,10-13,21-24,32H,1,6-9,14-18H2,2-4H3/t21-,22+,23+,24-,28+/m1/s1. The second-order valence-electron chi connectivity index (χ2n) is 9.84. The monoisotopic (exact) mass is 513 g/mol. The Kier molecular flexibility index (Phi) is 8.23. The first kappa shape index (κ1) is 27.1. The van der Waals surface area contributed by atoms with E-state index in [1.165, 1.54) is 4.90 Å². The van der Waals surface area contributed by atoms with Gasteiger partial charge in [0.1, 0.15) is 11.6 Å². The number of nitrogens with zero attached hydrogens (tertiary/aromatic N) is 3. The minimum atomic E-state index is -1.09. The Morgan fingerprint density at radius 3 is 2.49 bits per heavy atom. The number of likely N-dealkylation sites (tertiary alicyclic amines) is 1. The summed E-state index contributed by atoms with van der Waals surface area (Å²) < 4.78 is 11.7. The van der Waals surface area contributed by atoms with E-state index < -0.39 is 35.6 Å². The molecular formula is C28H39N3O6. The van der Waals surface area contributed by atoms with Crippen LogP contribution < -0.4 is 9.80 Å². The van der Waals surface area contributed by atoms with E-state index in [2.05, 4.69) is 25.3 Å². The van der Waals surface area contributed by atoms with Crippen molar-refractivity contribution < 1.29 is 29.0 Å². The van der Waals surface area contributed by atoms with Crippen molar-refractivity contribution in [2.75, 3.05) is 49.2 Å². The van der Waals surface area contributed by atoms with Crippen molar-refractivity contribution in [3.8, 4) is 0 Å². The topological polar surface area (TPSA) is 99.6 Å². The van der Waals surface area contributed by atoms with Gasteiger partial charge >= 0.3 is 5.97 Å². The maximum Gasteiger partial charge on any atom is 0.312 e. The molecule has 3 aliphatic heterocycles. The fraction of sp³-hybridized carbons (Fsp3) is 0.607. The minimum Gasteiger partial charge on any atom is -0.466 e. The number of anilines is 2. The van der Waals surface area contributed by atoms with Crippen LogP contribution in [0.4, 0.5) is 11.4 Å². The van der Waals surface area contributed by atoms with Crippen molar-refractivity contribution >= 4 is 29.2 Å². The number of rotatable bonds is 12. The first-order valence-electron chi connectivity index (χ1n) is 13.4. The molecule has 0 saturated carbocycles. The van der Waals surface area contributed by atoms with E-state index in [0.29, 0.717) is 24.9 Å². The van der Waals surface area contributed by atoms with Crippen LogP contribution in [-0.2, 0) is 23.9 Å². The third-order valence-corrected chi connectivity index (χ3v) is 8.02. The average molecular weight is 514 g/mol. The van der Waals surface area contributed by atoms with Crippen molar-refractivity contribution in [3.63, 3.8) is 0 Å². The molecule has 1 N–H and O–H groups in total. The maximum absolute atomic E-state index is 14.3. The van der Waals surface area contributed by atoms with Crippen molar-refractivity contribution in [1.82, 2.24) is 4.90 Å². The maximum atomic E-state index is 14.3. The second-order valence-corrected chi connectivity index (χ2v) is 9.84. The average Bonchev–Trinajstić information content (AvgIpc) is 3.54. The van der Waals surface area contributed by atoms with E-state index in [-0.39, 0.29) is 38.1 Å². The number of amides is 2. The molecule has 5 atom stereocenters. The van der Waals surface area contributed by atoms with Gasteiger partial charge in [-0.25, -0.2) is 0 Å². The molecule has 3 fully saturated rings. The van der Waals surface area contributed by atoms with Gasteiger partial charge in [0.05, 0.1) is 24.5 Å². The molecule has 9 nitrogen and oxygen atoms in total. The molecule has 2 amide bonds. The lowest BCUT2D eigenvalue weighted by molar-refractivity contribution is -0.154. The molecular weight excluding hydrogens is 474 g/mol. The molecule has 0 aliphatic carbocycles. The van der Waals surface area contributed by atoms with Crippen LogP contribution in [0.2, 0.25) is 0 Å². The summed E-state index contributed by atoms with van der Waals surface area (Å²) in [5, 5.41) is 9.51. The van der Waals surface area contributed by atoms with Crippen LogP contribution in [0.5, 0.6) is 0 Å². The van der Waals surface area contributed by atoms with Gasteiger partial charge in [-0.3, -0.25) is 14.4 Å². The summed E-state index contributed by atoms with van der Waals surface area (Å²) in [7, 11) is 0. The van der Waals surface area contributed by atoms with Crippen molar-refractivity contribution in [2.45, 2.75) is 57.8 Å². The van der Waals surface area contributed by atoms with Crippen LogP contribution in [-0.4, -0.2) is 84.9 Å². The van der Waals surface area contributed by atoms with E-state index in [0.717, 1.165) is 18.8 Å². The third-order valence-electron chi connectivity index (χ3n) is 8.02. The predicted octanol–water partition coefficient (Wildman–Crippen LogP) is 2.37. The van der Waals surface area contributed by atoms with E-state index in [4.69, 9.17) is 9.47 Å². The van der Waals surface area contributed by atoms with Gasteiger partial charge in [-0.2, -0.15) is 0 Å². The molecule has 3 aliphatic rings. The summed E-state index contributed by atoms with van der Waals surface area (Å²) in [5.41, 5.74) is 0.672. The zero-order valence-corrected chi connectivity index (χ0v) is 22.1. The largest absolute Gasteiger partial charge is 0.466 e. The van der Waals surface area contributed by atoms with Crippen LogP contribution in [0.1, 0.15) is 40.0 Å². The number of esters is 1. The minimum absolute atomic E-state index is 0.115. The van der Waals surface area contributed by atoms with Gasteiger partial charge in [-0.05, 0) is 64.3 Å². The number of hydrogen-bond donors (Lipinski definition) is 1. The lowest BCUT2D eigenvalue weighted by Crippen LogP contribution is -2.56. The Morgan fingerprint density at radius 2 is 1.89 bits per heavy atom. The molecule has 3 saturated heterocycles. The fourth-order valence-corrected chi connectivity index (χ4v) is 6.45. The highest BCUT2D eigenvalue weighted by molar-refractivity contribution is 6.04. The van der Waals surface area contributed by atoms with Crippen LogP contribution in [0.15, 0.2) is 36.9 Å². The van der Waals surface area contributed by atoms with E-state index in [9.17, 15) is 19.5 Å². The summed E-state index contributed by atoms with van der Waals surface area (Å²) in [5.74, 6) is -2.49. The third kappa shape index (κ3) is 4.52. The predicted molar refractivity (Wildman–Crippen MR) is 140 cm³/mol. The van der Waals surface area contributed by atoms with Gasteiger partial charge in [-0.1, -0.05) is 6.08 Å². The fourth-order valence-electron chi connectivity index (χ4n) is 6.45. The number of hydrogen-bond acceptors (Lipinski definition) is 7. The number of benzene rings is 1. The molecule has 1 aromatic rings. The number of fused-ring (bicyclic) bond motifs is 1. The summed E-state index contributed by atoms with van der Waals surface area (Å²) >= 11 is 0. The van der Waals surface area contributed by atoms with Gasteiger partial charge in [0.15, 0.2) is 0 Å². The van der Waals surface area contributed by atoms with Crippen LogP contribution in [0, 0.1) is 11.8 Å². The molecule has 0 unspecified atom stereocenters. The zero-order chi connectivity index (χ0) is 26.7. The van der Waals surface area contributed by atoms with Gasteiger partial charge in [0.25, 0.3) is 5.91 Å². The molecule has 37 heavy (non-hydrogen) atoms.